The van der Waals surface area contributed by atoms with Crippen LogP contribution < -0.4 is 5.43 Å². The molecule has 5 heteroatoms. The summed E-state index contributed by atoms with van der Waals surface area (Å²) in [6.45, 7) is 1.94. The second kappa shape index (κ2) is 6.69. The van der Waals surface area contributed by atoms with E-state index in [9.17, 15) is 4.79 Å². The Labute approximate surface area is 127 Å². The van der Waals surface area contributed by atoms with Gasteiger partial charge in [-0.3, -0.25) is 10.2 Å². The van der Waals surface area contributed by atoms with E-state index in [2.05, 4.69) is 10.5 Å². The number of nitrogens with zero attached hydrogens (tertiary/aromatic N) is 2. The van der Waals surface area contributed by atoms with Crippen molar-refractivity contribution in [3.63, 3.8) is 0 Å². The number of carbonyl (C=O) groups excluding carboxylic acids is 1. The van der Waals surface area contributed by atoms with E-state index in [1.807, 2.05) is 25.1 Å². The highest BCUT2D eigenvalue weighted by molar-refractivity contribution is 6.53. The maximum absolute atomic E-state index is 12.2. The molecule has 21 heavy (non-hydrogen) atoms. The van der Waals surface area contributed by atoms with Crippen molar-refractivity contribution < 1.29 is 4.79 Å². The molecule has 2 rings (SSSR count). The first-order valence-corrected chi connectivity index (χ1v) is 6.59. The van der Waals surface area contributed by atoms with Crippen LogP contribution in [0.5, 0.6) is 0 Å². The van der Waals surface area contributed by atoms with E-state index in [0.29, 0.717) is 10.7 Å². The van der Waals surface area contributed by atoms with Gasteiger partial charge in [0.2, 0.25) is 11.5 Å². The number of hydrogen-bond acceptors (Lipinski definition) is 4. The molecule has 104 valence electrons. The number of rotatable bonds is 4. The van der Waals surface area contributed by atoms with Crippen molar-refractivity contribution in [3.8, 4) is 6.07 Å². The number of halogens is 1. The normalized spacial score (nSPS) is 10.8. The zero-order valence-corrected chi connectivity index (χ0v) is 12.1. The highest BCUT2D eigenvalue weighted by atomic mass is 35.5. The molecule has 2 aromatic rings. The number of aryl methyl sites for hydroxylation is 1. The molecule has 0 aromatic heterocycles. The summed E-state index contributed by atoms with van der Waals surface area (Å²) in [6, 6.07) is 15.8. The lowest BCUT2D eigenvalue weighted by atomic mass is 10.1. The molecule has 2 aromatic carbocycles. The molecule has 0 heterocycles. The van der Waals surface area contributed by atoms with Gasteiger partial charge in [-0.15, -0.1) is 0 Å². The standard InChI is InChI=1S/C16H12ClN3O/c1-11-5-4-6-12(9-11)19-20-15(10-18)16(21)13-7-2-3-8-14(13)17/h2-9,19H,1H3. The molecule has 4 nitrogen and oxygen atoms in total. The van der Waals surface area contributed by atoms with Gasteiger partial charge >= 0.3 is 0 Å². The number of nitriles is 1. The first-order valence-electron chi connectivity index (χ1n) is 6.21. The summed E-state index contributed by atoms with van der Waals surface area (Å²) in [6.07, 6.45) is 0. The lowest BCUT2D eigenvalue weighted by Crippen LogP contribution is -2.14. The van der Waals surface area contributed by atoms with Crippen LogP contribution in [-0.2, 0) is 0 Å². The Balaban J connectivity index is 2.24. The third-order valence-corrected chi connectivity index (χ3v) is 3.08. The van der Waals surface area contributed by atoms with Crippen LogP contribution in [0.3, 0.4) is 0 Å². The largest absolute Gasteiger partial charge is 0.286 e. The number of benzene rings is 2. The van der Waals surface area contributed by atoms with Gasteiger partial charge < -0.3 is 0 Å². The SMILES string of the molecule is Cc1cccc(NN=C(C#N)C(=O)c2ccccc2Cl)c1. The van der Waals surface area contributed by atoms with E-state index < -0.39 is 5.78 Å². The topological polar surface area (TPSA) is 65.2 Å². The summed E-state index contributed by atoms with van der Waals surface area (Å²) in [4.78, 5) is 12.2. The predicted octanol–water partition coefficient (Wildman–Crippen LogP) is 3.82. The highest BCUT2D eigenvalue weighted by Crippen LogP contribution is 2.16. The van der Waals surface area contributed by atoms with Crippen molar-refractivity contribution in [3.05, 3.63) is 64.7 Å². The summed E-state index contributed by atoms with van der Waals surface area (Å²) < 4.78 is 0. The molecule has 1 N–H and O–H groups in total. The van der Waals surface area contributed by atoms with Crippen molar-refractivity contribution in [2.24, 2.45) is 5.10 Å². The Morgan fingerprint density at radius 3 is 2.67 bits per heavy atom. The van der Waals surface area contributed by atoms with Gasteiger partial charge in [0, 0.05) is 5.56 Å². The molecule has 0 unspecified atom stereocenters. The van der Waals surface area contributed by atoms with Crippen LogP contribution in [0.4, 0.5) is 5.69 Å². The number of hydrazone groups is 1. The minimum atomic E-state index is -0.511. The zero-order chi connectivity index (χ0) is 15.2. The summed E-state index contributed by atoms with van der Waals surface area (Å²) >= 11 is 5.95. The fraction of sp³-hybridized carbons (Fsp3) is 0.0625. The molecular weight excluding hydrogens is 286 g/mol. The van der Waals surface area contributed by atoms with Gasteiger partial charge in [0.05, 0.1) is 10.7 Å². The van der Waals surface area contributed by atoms with E-state index in [1.54, 1.807) is 36.4 Å². The molecule has 0 aliphatic heterocycles. The molecular formula is C16H12ClN3O. The van der Waals surface area contributed by atoms with Crippen molar-refractivity contribution >= 4 is 28.8 Å². The Morgan fingerprint density at radius 2 is 2.00 bits per heavy atom. The van der Waals surface area contributed by atoms with Crippen molar-refractivity contribution in [2.45, 2.75) is 6.92 Å². The Morgan fingerprint density at radius 1 is 1.24 bits per heavy atom. The van der Waals surface area contributed by atoms with Crippen molar-refractivity contribution in [1.82, 2.24) is 0 Å². The second-order valence-electron chi connectivity index (χ2n) is 4.36. The second-order valence-corrected chi connectivity index (χ2v) is 4.77. The third-order valence-electron chi connectivity index (χ3n) is 2.75. The van der Waals surface area contributed by atoms with E-state index in [4.69, 9.17) is 16.9 Å². The van der Waals surface area contributed by atoms with E-state index in [-0.39, 0.29) is 11.3 Å². The van der Waals surface area contributed by atoms with Gasteiger partial charge in [-0.1, -0.05) is 35.9 Å². The molecule has 0 bridgehead atoms. The minimum Gasteiger partial charge on any atom is -0.286 e. The van der Waals surface area contributed by atoms with Crippen LogP contribution in [0.2, 0.25) is 5.02 Å². The number of nitrogens with one attached hydrogen (secondary N) is 1. The van der Waals surface area contributed by atoms with Crippen LogP contribution in [0.25, 0.3) is 0 Å². The van der Waals surface area contributed by atoms with E-state index in [1.165, 1.54) is 0 Å². The highest BCUT2D eigenvalue weighted by Gasteiger charge is 2.16. The fourth-order valence-corrected chi connectivity index (χ4v) is 1.96. The van der Waals surface area contributed by atoms with Gasteiger partial charge in [0.25, 0.3) is 0 Å². The number of carbonyl (C=O) groups is 1. The number of Topliss-reactive ketones (excluding diaryl/α,β-unsaturated/α-hetero) is 1. The average molecular weight is 298 g/mol. The predicted molar refractivity (Wildman–Crippen MR) is 83.6 cm³/mol. The summed E-state index contributed by atoms with van der Waals surface area (Å²) in [5.74, 6) is -0.511. The number of anilines is 1. The van der Waals surface area contributed by atoms with Crippen LogP contribution >= 0.6 is 11.6 Å². The number of hydrogen-bond donors (Lipinski definition) is 1. The Hall–Kier alpha value is -2.64. The average Bonchev–Trinajstić information content (AvgIpc) is 2.48. The summed E-state index contributed by atoms with van der Waals surface area (Å²) in [7, 11) is 0. The number of ketones is 1. The maximum Gasteiger partial charge on any atom is 0.225 e. The fourth-order valence-electron chi connectivity index (χ4n) is 1.73. The molecule has 0 radical (unpaired) electrons. The van der Waals surface area contributed by atoms with E-state index in [0.717, 1.165) is 5.56 Å². The van der Waals surface area contributed by atoms with Crippen LogP contribution in [0.1, 0.15) is 15.9 Å². The molecule has 0 atom stereocenters. The Bertz CT molecular complexity index is 747. The van der Waals surface area contributed by atoms with Crippen molar-refractivity contribution in [2.75, 3.05) is 5.43 Å². The van der Waals surface area contributed by atoms with Gasteiger partial charge in [0.1, 0.15) is 6.07 Å². The molecule has 0 spiro atoms. The van der Waals surface area contributed by atoms with Crippen LogP contribution in [0, 0.1) is 18.3 Å². The van der Waals surface area contributed by atoms with Crippen LogP contribution in [0.15, 0.2) is 53.6 Å². The van der Waals surface area contributed by atoms with Crippen molar-refractivity contribution in [1.29, 1.82) is 5.26 Å². The molecule has 0 amide bonds. The minimum absolute atomic E-state index is 0.246. The van der Waals surface area contributed by atoms with E-state index >= 15 is 0 Å². The lowest BCUT2D eigenvalue weighted by molar-refractivity contribution is 0.106. The molecule has 0 saturated carbocycles. The first-order chi connectivity index (χ1) is 10.1. The Kier molecular flexibility index (Phi) is 4.70. The zero-order valence-electron chi connectivity index (χ0n) is 11.3. The summed E-state index contributed by atoms with van der Waals surface area (Å²) in [5.41, 5.74) is 4.47. The molecule has 0 saturated heterocycles. The van der Waals surface area contributed by atoms with Gasteiger partial charge in [-0.2, -0.15) is 10.4 Å². The van der Waals surface area contributed by atoms with Crippen LogP contribution in [-0.4, -0.2) is 11.5 Å². The third kappa shape index (κ3) is 3.68. The first kappa shape index (κ1) is 14.8. The van der Waals surface area contributed by atoms with Gasteiger partial charge in [-0.25, -0.2) is 0 Å². The smallest absolute Gasteiger partial charge is 0.225 e. The molecule has 0 aliphatic rings. The molecule has 0 fully saturated rings. The quantitative estimate of drug-likeness (QED) is 0.530. The van der Waals surface area contributed by atoms with Gasteiger partial charge in [-0.05, 0) is 36.8 Å². The molecule has 0 aliphatic carbocycles. The summed E-state index contributed by atoms with van der Waals surface area (Å²) in [5, 5.41) is 13.3. The maximum atomic E-state index is 12.2. The monoisotopic (exact) mass is 297 g/mol. The lowest BCUT2D eigenvalue weighted by Gasteiger charge is -2.03. The van der Waals surface area contributed by atoms with Gasteiger partial charge in [0.15, 0.2) is 0 Å².